The van der Waals surface area contributed by atoms with Crippen LogP contribution in [-0.2, 0) is 22.4 Å². The molecule has 0 bridgehead atoms. The number of aromatic nitrogens is 2. The minimum absolute atomic E-state index is 0.00462. The summed E-state index contributed by atoms with van der Waals surface area (Å²) in [6, 6.07) is 20.7. The van der Waals surface area contributed by atoms with Crippen molar-refractivity contribution in [3.63, 3.8) is 0 Å². The van der Waals surface area contributed by atoms with E-state index in [4.69, 9.17) is 14.5 Å². The first-order valence-electron chi connectivity index (χ1n) is 12.3. The summed E-state index contributed by atoms with van der Waals surface area (Å²) in [6.45, 7) is 2.00. The molecule has 0 saturated heterocycles. The molecule has 0 saturated carbocycles. The van der Waals surface area contributed by atoms with Gasteiger partial charge in [0, 0.05) is 23.7 Å². The molecule has 0 aliphatic carbocycles. The predicted molar refractivity (Wildman–Crippen MR) is 141 cm³/mol. The number of fused-ring (bicyclic) bond motifs is 3. The molecule has 2 atom stereocenters. The third-order valence-corrected chi connectivity index (χ3v) is 7.08. The standard InChI is InChI=1S/C29H29N3O5/c1-18-9-14-22-24(31(18)29(35)37-3)15-16-25-27(22)30-26(32(25)20-10-12-21(36-2)13-11-20)17-23(28(33)34)19-7-5-4-6-8-19/h4-8,10-13,15-16,18,23H,9,14,17H2,1-3H3,(H,33,34)/t18-,23-/m0/s1. The van der Waals surface area contributed by atoms with E-state index in [1.165, 1.54) is 7.11 Å². The molecule has 1 aliphatic rings. The Labute approximate surface area is 215 Å². The number of aliphatic carboxylic acids is 1. The second-order valence-corrected chi connectivity index (χ2v) is 9.23. The van der Waals surface area contributed by atoms with Gasteiger partial charge < -0.3 is 14.6 Å². The Morgan fingerprint density at radius 3 is 2.43 bits per heavy atom. The minimum atomic E-state index is -0.910. The predicted octanol–water partition coefficient (Wildman–Crippen LogP) is 5.35. The van der Waals surface area contributed by atoms with Gasteiger partial charge in [0.1, 0.15) is 11.6 Å². The number of carbonyl (C=O) groups is 2. The van der Waals surface area contributed by atoms with Crippen LogP contribution in [0.25, 0.3) is 16.7 Å². The van der Waals surface area contributed by atoms with Crippen molar-refractivity contribution in [1.82, 2.24) is 9.55 Å². The fraction of sp³-hybridized carbons (Fsp3) is 0.276. The first-order valence-corrected chi connectivity index (χ1v) is 12.3. The first-order chi connectivity index (χ1) is 17.9. The maximum absolute atomic E-state index is 12.6. The number of hydrogen-bond acceptors (Lipinski definition) is 5. The number of methoxy groups -OCH3 is 2. The number of aryl methyl sites for hydroxylation is 1. The summed E-state index contributed by atoms with van der Waals surface area (Å²) in [7, 11) is 3.00. The summed E-state index contributed by atoms with van der Waals surface area (Å²) in [5, 5.41) is 10.1. The maximum Gasteiger partial charge on any atom is 0.414 e. The van der Waals surface area contributed by atoms with Gasteiger partial charge in [-0.1, -0.05) is 30.3 Å². The van der Waals surface area contributed by atoms with Crippen LogP contribution in [0.2, 0.25) is 0 Å². The van der Waals surface area contributed by atoms with Gasteiger partial charge in [-0.3, -0.25) is 14.3 Å². The number of nitrogens with zero attached hydrogens (tertiary/aromatic N) is 3. The van der Waals surface area contributed by atoms with E-state index in [9.17, 15) is 14.7 Å². The zero-order valence-electron chi connectivity index (χ0n) is 21.0. The number of anilines is 1. The quantitative estimate of drug-likeness (QED) is 0.384. The Balaban J connectivity index is 1.70. The normalized spacial score (nSPS) is 15.8. The lowest BCUT2D eigenvalue weighted by molar-refractivity contribution is -0.138. The number of hydrogen-bond donors (Lipinski definition) is 1. The summed E-state index contributed by atoms with van der Waals surface area (Å²) >= 11 is 0. The van der Waals surface area contributed by atoms with Crippen LogP contribution in [0.15, 0.2) is 66.7 Å². The van der Waals surface area contributed by atoms with Crippen molar-refractivity contribution < 1.29 is 24.2 Å². The average molecular weight is 500 g/mol. The molecule has 3 aromatic carbocycles. The van der Waals surface area contributed by atoms with Gasteiger partial charge in [-0.15, -0.1) is 0 Å². The molecule has 0 spiro atoms. The van der Waals surface area contributed by atoms with Crippen molar-refractivity contribution in [2.24, 2.45) is 0 Å². The van der Waals surface area contributed by atoms with Gasteiger partial charge in [-0.05, 0) is 61.7 Å². The van der Waals surface area contributed by atoms with Gasteiger partial charge in [0.15, 0.2) is 0 Å². The van der Waals surface area contributed by atoms with Gasteiger partial charge in [-0.25, -0.2) is 9.78 Å². The van der Waals surface area contributed by atoms with Crippen molar-refractivity contribution in [1.29, 1.82) is 0 Å². The van der Waals surface area contributed by atoms with Crippen molar-refractivity contribution in [3.8, 4) is 11.4 Å². The second-order valence-electron chi connectivity index (χ2n) is 9.23. The maximum atomic E-state index is 12.6. The van der Waals surface area contributed by atoms with Crippen LogP contribution < -0.4 is 9.64 Å². The molecule has 0 unspecified atom stereocenters. The van der Waals surface area contributed by atoms with Crippen LogP contribution >= 0.6 is 0 Å². The molecule has 4 aromatic rings. The number of rotatable bonds is 6. The molecule has 190 valence electrons. The lowest BCUT2D eigenvalue weighted by Crippen LogP contribution is -2.42. The Kier molecular flexibility index (Phi) is 6.56. The summed E-state index contributed by atoms with van der Waals surface area (Å²) in [5.41, 5.74) is 4.93. The van der Waals surface area contributed by atoms with E-state index in [1.807, 2.05) is 78.2 Å². The van der Waals surface area contributed by atoms with E-state index in [-0.39, 0.29) is 12.5 Å². The third kappa shape index (κ3) is 4.39. The zero-order chi connectivity index (χ0) is 26.1. The topological polar surface area (TPSA) is 93.9 Å². The molecule has 37 heavy (non-hydrogen) atoms. The largest absolute Gasteiger partial charge is 0.497 e. The highest BCUT2D eigenvalue weighted by Gasteiger charge is 2.32. The number of benzene rings is 3. The molecule has 8 heteroatoms. The minimum Gasteiger partial charge on any atom is -0.497 e. The van der Waals surface area contributed by atoms with E-state index in [1.54, 1.807) is 12.0 Å². The molecule has 8 nitrogen and oxygen atoms in total. The van der Waals surface area contributed by atoms with Crippen LogP contribution in [0.5, 0.6) is 5.75 Å². The van der Waals surface area contributed by atoms with Gasteiger partial charge >= 0.3 is 12.1 Å². The van der Waals surface area contributed by atoms with E-state index < -0.39 is 18.0 Å². The molecule has 1 aromatic heterocycles. The first kappa shape index (κ1) is 24.4. The number of carbonyl (C=O) groups excluding carboxylic acids is 1. The van der Waals surface area contributed by atoms with E-state index in [0.29, 0.717) is 5.82 Å². The molecular weight excluding hydrogens is 470 g/mol. The zero-order valence-corrected chi connectivity index (χ0v) is 21.0. The number of imidazole rings is 1. The van der Waals surface area contributed by atoms with E-state index >= 15 is 0 Å². The van der Waals surface area contributed by atoms with Gasteiger partial charge in [0.25, 0.3) is 0 Å². The molecule has 0 fully saturated rings. The van der Waals surface area contributed by atoms with Crippen LogP contribution in [0.4, 0.5) is 10.5 Å². The highest BCUT2D eigenvalue weighted by molar-refractivity contribution is 5.96. The van der Waals surface area contributed by atoms with Crippen molar-refractivity contribution >= 4 is 28.8 Å². The Morgan fingerprint density at radius 1 is 1.05 bits per heavy atom. The van der Waals surface area contributed by atoms with Crippen LogP contribution in [0.3, 0.4) is 0 Å². The molecule has 1 aliphatic heterocycles. The number of carboxylic acids is 1. The van der Waals surface area contributed by atoms with E-state index in [0.717, 1.165) is 52.1 Å². The molecule has 5 rings (SSSR count). The second kappa shape index (κ2) is 9.97. The van der Waals surface area contributed by atoms with Crippen molar-refractivity contribution in [3.05, 3.63) is 83.7 Å². The monoisotopic (exact) mass is 499 g/mol. The fourth-order valence-electron chi connectivity index (χ4n) is 5.18. The summed E-state index contributed by atoms with van der Waals surface area (Å²) < 4.78 is 12.4. The van der Waals surface area contributed by atoms with E-state index in [2.05, 4.69) is 0 Å². The van der Waals surface area contributed by atoms with Gasteiger partial charge in [0.05, 0.1) is 36.9 Å². The molecule has 2 heterocycles. The van der Waals surface area contributed by atoms with Crippen molar-refractivity contribution in [2.45, 2.75) is 38.1 Å². The lowest BCUT2D eigenvalue weighted by atomic mass is 9.95. The SMILES string of the molecule is COC(=O)N1c2ccc3c(nc(C[C@H](C(=O)O)c4ccccc4)n3-c3ccc(OC)cc3)c2CC[C@@H]1C. The molecule has 1 N–H and O–H groups in total. The Morgan fingerprint density at radius 2 is 1.78 bits per heavy atom. The highest BCUT2D eigenvalue weighted by Crippen LogP contribution is 2.38. The number of ether oxygens (including phenoxy) is 2. The van der Waals surface area contributed by atoms with Gasteiger partial charge in [-0.2, -0.15) is 0 Å². The van der Waals surface area contributed by atoms with Crippen LogP contribution in [0.1, 0.15) is 36.2 Å². The highest BCUT2D eigenvalue weighted by atomic mass is 16.5. The summed E-state index contributed by atoms with van der Waals surface area (Å²) in [5.74, 6) is -0.319. The third-order valence-electron chi connectivity index (χ3n) is 7.08. The molecule has 1 amide bonds. The smallest absolute Gasteiger partial charge is 0.414 e. The lowest BCUT2D eigenvalue weighted by Gasteiger charge is -2.34. The molecular formula is C29H29N3O5. The molecule has 0 radical (unpaired) electrons. The number of carboxylic acid groups (broad SMARTS) is 1. The Hall–Kier alpha value is -4.33. The number of amides is 1. The van der Waals surface area contributed by atoms with Crippen LogP contribution in [0, 0.1) is 0 Å². The fourth-order valence-corrected chi connectivity index (χ4v) is 5.18. The van der Waals surface area contributed by atoms with Crippen molar-refractivity contribution in [2.75, 3.05) is 19.1 Å². The summed E-state index contributed by atoms with van der Waals surface area (Å²) in [4.78, 5) is 31.7. The summed E-state index contributed by atoms with van der Waals surface area (Å²) in [6.07, 6.45) is 1.32. The Bertz CT molecular complexity index is 1450. The average Bonchev–Trinajstić information content (AvgIpc) is 3.30. The van der Waals surface area contributed by atoms with Gasteiger partial charge in [0.2, 0.25) is 0 Å². The van der Waals surface area contributed by atoms with Crippen LogP contribution in [-0.4, -0.2) is 47.0 Å².